The molecule has 0 unspecified atom stereocenters. The highest BCUT2D eigenvalue weighted by Gasteiger charge is 2.30. The molecule has 0 saturated heterocycles. The molecule has 0 heterocycles. The highest BCUT2D eigenvalue weighted by molar-refractivity contribution is 6.76. The highest BCUT2D eigenvalue weighted by atomic mass is 35.6. The molecule has 8 heteroatoms. The molecule has 0 aliphatic rings. The predicted octanol–water partition coefficient (Wildman–Crippen LogP) is 0.0561. The molecule has 64 valence electrons. The van der Waals surface area contributed by atoms with Gasteiger partial charge in [0.2, 0.25) is 0 Å². The van der Waals surface area contributed by atoms with Crippen molar-refractivity contribution in [1.82, 2.24) is 10.9 Å². The van der Waals surface area contributed by atoms with Crippen LogP contribution >= 0.6 is 34.8 Å². The van der Waals surface area contributed by atoms with Crippen molar-refractivity contribution in [3.8, 4) is 0 Å². The van der Waals surface area contributed by atoms with Gasteiger partial charge in [-0.15, -0.1) is 0 Å². The first kappa shape index (κ1) is 10.6. The number of nitrogens with one attached hydrogen (secondary N) is 2. The van der Waals surface area contributed by atoms with Gasteiger partial charge in [0, 0.05) is 0 Å². The van der Waals surface area contributed by atoms with E-state index in [0.717, 1.165) is 0 Å². The van der Waals surface area contributed by atoms with Gasteiger partial charge in [-0.2, -0.15) is 0 Å². The molecule has 0 aliphatic carbocycles. The van der Waals surface area contributed by atoms with Gasteiger partial charge in [0.25, 0.3) is 9.70 Å². The Balaban J connectivity index is 3.80. The molecular weight excluding hydrogens is 216 g/mol. The predicted molar refractivity (Wildman–Crippen MR) is 41.2 cm³/mol. The van der Waals surface area contributed by atoms with Crippen molar-refractivity contribution in [1.29, 1.82) is 0 Å². The third-order valence-corrected chi connectivity index (χ3v) is 1.07. The van der Waals surface area contributed by atoms with E-state index in [-0.39, 0.29) is 0 Å². The molecule has 0 bridgehead atoms. The van der Waals surface area contributed by atoms with Gasteiger partial charge < -0.3 is 5.73 Å². The van der Waals surface area contributed by atoms with E-state index in [9.17, 15) is 9.59 Å². The van der Waals surface area contributed by atoms with Gasteiger partial charge in [0.05, 0.1) is 0 Å². The van der Waals surface area contributed by atoms with Gasteiger partial charge in [-0.3, -0.25) is 10.2 Å². The van der Waals surface area contributed by atoms with Crippen LogP contribution in [0.5, 0.6) is 0 Å². The molecule has 0 aromatic rings. The number of carbonyl (C=O) groups is 2. The van der Waals surface area contributed by atoms with Crippen LogP contribution in [-0.4, -0.2) is 15.7 Å². The monoisotopic (exact) mass is 219 g/mol. The molecule has 0 spiro atoms. The number of primary amides is 1. The summed E-state index contributed by atoms with van der Waals surface area (Å²) in [7, 11) is 0. The van der Waals surface area contributed by atoms with Crippen molar-refractivity contribution in [3.63, 3.8) is 0 Å². The van der Waals surface area contributed by atoms with Gasteiger partial charge in [-0.05, 0) is 0 Å². The standard InChI is InChI=1S/C3H4Cl3N3O2/c4-3(5,6)1(10)8-9-2(7)11/h(H,8,10)(H3,7,9,11). The summed E-state index contributed by atoms with van der Waals surface area (Å²) in [5.74, 6) is -0.985. The van der Waals surface area contributed by atoms with Crippen molar-refractivity contribution >= 4 is 46.7 Å². The quantitative estimate of drug-likeness (QED) is 0.398. The van der Waals surface area contributed by atoms with E-state index >= 15 is 0 Å². The average Bonchev–Trinajstić information content (AvgIpc) is 1.80. The summed E-state index contributed by atoms with van der Waals surface area (Å²) in [6.07, 6.45) is 0. The fraction of sp³-hybridized carbons (Fsp3) is 0.333. The lowest BCUT2D eigenvalue weighted by Gasteiger charge is -2.10. The summed E-state index contributed by atoms with van der Waals surface area (Å²) >= 11 is 15.3. The average molecular weight is 220 g/mol. The second-order valence-corrected chi connectivity index (χ2v) is 3.72. The molecule has 3 amide bonds. The summed E-state index contributed by atoms with van der Waals surface area (Å²) in [5, 5.41) is 0. The van der Waals surface area contributed by atoms with E-state index in [1.807, 2.05) is 0 Å². The smallest absolute Gasteiger partial charge is 0.330 e. The number of carbonyl (C=O) groups excluding carboxylic acids is 2. The summed E-state index contributed by atoms with van der Waals surface area (Å²) in [6.45, 7) is 0. The molecule has 0 atom stereocenters. The summed E-state index contributed by atoms with van der Waals surface area (Å²) in [4.78, 5) is 20.6. The second-order valence-electron chi connectivity index (χ2n) is 1.44. The number of urea groups is 1. The number of hydrogen-bond acceptors (Lipinski definition) is 2. The fourth-order valence-corrected chi connectivity index (χ4v) is 0.331. The Hall–Kier alpha value is -0.390. The van der Waals surface area contributed by atoms with Crippen molar-refractivity contribution < 1.29 is 9.59 Å². The summed E-state index contributed by atoms with van der Waals surface area (Å²) in [5.41, 5.74) is 8.09. The summed E-state index contributed by atoms with van der Waals surface area (Å²) < 4.78 is -2.11. The van der Waals surface area contributed by atoms with Crippen LogP contribution in [0.25, 0.3) is 0 Å². The van der Waals surface area contributed by atoms with E-state index in [0.29, 0.717) is 0 Å². The van der Waals surface area contributed by atoms with E-state index < -0.39 is 15.7 Å². The van der Waals surface area contributed by atoms with Crippen molar-refractivity contribution in [3.05, 3.63) is 0 Å². The van der Waals surface area contributed by atoms with Crippen molar-refractivity contribution in [2.45, 2.75) is 3.79 Å². The van der Waals surface area contributed by atoms with Crippen LogP contribution in [0.1, 0.15) is 0 Å². The number of hydrazine groups is 1. The van der Waals surface area contributed by atoms with Crippen LogP contribution in [0.4, 0.5) is 4.79 Å². The normalized spacial score (nSPS) is 10.5. The number of alkyl halides is 3. The maximum Gasteiger partial charge on any atom is 0.330 e. The van der Waals surface area contributed by atoms with E-state index in [1.165, 1.54) is 0 Å². The Bertz CT molecular complexity index is 177. The first-order valence-corrected chi connectivity index (χ1v) is 3.40. The first-order chi connectivity index (χ1) is 4.84. The van der Waals surface area contributed by atoms with Crippen LogP contribution in [0, 0.1) is 0 Å². The zero-order valence-corrected chi connectivity index (χ0v) is 7.30. The number of nitrogens with two attached hydrogens (primary N) is 1. The maximum atomic E-state index is 10.6. The lowest BCUT2D eigenvalue weighted by molar-refractivity contribution is -0.120. The Labute approximate surface area is 77.1 Å². The number of hydrogen-bond donors (Lipinski definition) is 3. The Morgan fingerprint density at radius 2 is 1.64 bits per heavy atom. The third kappa shape index (κ3) is 4.94. The molecule has 0 rings (SSSR count). The minimum atomic E-state index is -2.11. The topological polar surface area (TPSA) is 84.2 Å². The van der Waals surface area contributed by atoms with Crippen LogP contribution in [0.15, 0.2) is 0 Å². The minimum absolute atomic E-state index is 0.951. The van der Waals surface area contributed by atoms with Crippen molar-refractivity contribution in [2.75, 3.05) is 0 Å². The molecule has 11 heavy (non-hydrogen) atoms. The van der Waals surface area contributed by atoms with Gasteiger partial charge in [-0.1, -0.05) is 34.8 Å². The first-order valence-electron chi connectivity index (χ1n) is 2.26. The molecule has 0 fully saturated rings. The SMILES string of the molecule is NC(=O)NNC(=O)C(Cl)(Cl)Cl. The molecule has 4 N–H and O–H groups in total. The molecular formula is C3H4Cl3N3O2. The van der Waals surface area contributed by atoms with Gasteiger partial charge in [0.1, 0.15) is 0 Å². The fourth-order valence-electron chi connectivity index (χ4n) is 0.189. The Morgan fingerprint density at radius 3 is 1.91 bits per heavy atom. The lowest BCUT2D eigenvalue weighted by atomic mass is 10.7. The molecule has 0 aliphatic heterocycles. The molecule has 0 aromatic carbocycles. The number of amides is 3. The second kappa shape index (κ2) is 3.85. The van der Waals surface area contributed by atoms with Crippen molar-refractivity contribution in [2.24, 2.45) is 5.73 Å². The zero-order valence-electron chi connectivity index (χ0n) is 5.03. The van der Waals surface area contributed by atoms with Crippen LogP contribution in [0.3, 0.4) is 0 Å². The Kier molecular flexibility index (Phi) is 3.71. The van der Waals surface area contributed by atoms with Crippen LogP contribution in [-0.2, 0) is 4.79 Å². The lowest BCUT2D eigenvalue weighted by Crippen LogP contribution is -2.48. The minimum Gasteiger partial charge on any atom is -0.350 e. The molecule has 0 aromatic heterocycles. The van der Waals surface area contributed by atoms with E-state index in [4.69, 9.17) is 34.8 Å². The van der Waals surface area contributed by atoms with E-state index in [1.54, 1.807) is 10.9 Å². The van der Waals surface area contributed by atoms with Gasteiger partial charge in [0.15, 0.2) is 0 Å². The van der Waals surface area contributed by atoms with Crippen LogP contribution < -0.4 is 16.6 Å². The van der Waals surface area contributed by atoms with Gasteiger partial charge >= 0.3 is 6.03 Å². The Morgan fingerprint density at radius 1 is 1.18 bits per heavy atom. The number of rotatable bonds is 0. The van der Waals surface area contributed by atoms with Gasteiger partial charge in [-0.25, -0.2) is 10.2 Å². The number of halogens is 3. The highest BCUT2D eigenvalue weighted by Crippen LogP contribution is 2.25. The van der Waals surface area contributed by atoms with E-state index in [2.05, 4.69) is 5.73 Å². The zero-order chi connectivity index (χ0) is 9.07. The molecule has 5 nitrogen and oxygen atoms in total. The summed E-state index contributed by atoms with van der Waals surface area (Å²) in [6, 6.07) is -0.951. The van der Waals surface area contributed by atoms with Crippen LogP contribution in [0.2, 0.25) is 0 Å². The third-order valence-electron chi connectivity index (χ3n) is 0.557. The maximum absolute atomic E-state index is 10.6. The molecule has 0 saturated carbocycles. The largest absolute Gasteiger partial charge is 0.350 e. The molecule has 0 radical (unpaired) electrons.